The van der Waals surface area contributed by atoms with Gasteiger partial charge < -0.3 is 19.5 Å². The highest BCUT2D eigenvalue weighted by Gasteiger charge is 2.14. The lowest BCUT2D eigenvalue weighted by atomic mass is 10.1. The van der Waals surface area contributed by atoms with Crippen molar-refractivity contribution in [2.45, 2.75) is 19.6 Å². The maximum atomic E-state index is 5.40. The SMILES string of the molecule is COCc1nsc(NC(C)c2cc(OC)ccc2OC)n1. The van der Waals surface area contributed by atoms with Crippen LogP contribution >= 0.6 is 11.5 Å². The largest absolute Gasteiger partial charge is 0.497 e. The zero-order valence-electron chi connectivity index (χ0n) is 12.5. The van der Waals surface area contributed by atoms with Gasteiger partial charge in [0.2, 0.25) is 5.13 Å². The Morgan fingerprint density at radius 1 is 1.24 bits per heavy atom. The molecule has 0 aliphatic rings. The maximum absolute atomic E-state index is 5.40. The number of benzene rings is 1. The number of anilines is 1. The van der Waals surface area contributed by atoms with Crippen LogP contribution in [0.1, 0.15) is 24.4 Å². The molecule has 1 unspecified atom stereocenters. The molecule has 1 heterocycles. The van der Waals surface area contributed by atoms with E-state index in [0.29, 0.717) is 12.4 Å². The second-order valence-electron chi connectivity index (χ2n) is 4.42. The molecule has 0 radical (unpaired) electrons. The van der Waals surface area contributed by atoms with Crippen molar-refractivity contribution < 1.29 is 14.2 Å². The molecule has 1 aromatic heterocycles. The van der Waals surface area contributed by atoms with Crippen molar-refractivity contribution in [3.05, 3.63) is 29.6 Å². The lowest BCUT2D eigenvalue weighted by Crippen LogP contribution is -2.08. The summed E-state index contributed by atoms with van der Waals surface area (Å²) in [4.78, 5) is 4.36. The molecule has 1 atom stereocenters. The van der Waals surface area contributed by atoms with Crippen LogP contribution < -0.4 is 14.8 Å². The molecule has 2 aromatic rings. The minimum Gasteiger partial charge on any atom is -0.497 e. The van der Waals surface area contributed by atoms with E-state index in [1.807, 2.05) is 25.1 Å². The number of hydrogen-bond acceptors (Lipinski definition) is 7. The molecule has 0 amide bonds. The van der Waals surface area contributed by atoms with Gasteiger partial charge in [-0.2, -0.15) is 4.37 Å². The molecule has 7 heteroatoms. The van der Waals surface area contributed by atoms with Crippen LogP contribution in [-0.2, 0) is 11.3 Å². The van der Waals surface area contributed by atoms with Crippen molar-refractivity contribution >= 4 is 16.7 Å². The Morgan fingerprint density at radius 2 is 2.05 bits per heavy atom. The molecule has 114 valence electrons. The molecule has 6 nitrogen and oxygen atoms in total. The van der Waals surface area contributed by atoms with Crippen molar-refractivity contribution in [2.24, 2.45) is 0 Å². The van der Waals surface area contributed by atoms with Gasteiger partial charge in [0.15, 0.2) is 5.82 Å². The van der Waals surface area contributed by atoms with Crippen LogP contribution in [0.5, 0.6) is 11.5 Å². The van der Waals surface area contributed by atoms with Crippen LogP contribution in [0.4, 0.5) is 5.13 Å². The zero-order chi connectivity index (χ0) is 15.2. The molecular weight excluding hydrogens is 290 g/mol. The van der Waals surface area contributed by atoms with E-state index in [1.165, 1.54) is 11.5 Å². The third kappa shape index (κ3) is 3.83. The minimum atomic E-state index is 0.0124. The molecule has 0 fully saturated rings. The molecule has 21 heavy (non-hydrogen) atoms. The Kier molecular flexibility index (Phi) is 5.35. The summed E-state index contributed by atoms with van der Waals surface area (Å²) in [6, 6.07) is 5.73. The van der Waals surface area contributed by atoms with Crippen LogP contribution in [0.3, 0.4) is 0 Å². The fraction of sp³-hybridized carbons (Fsp3) is 0.429. The molecule has 0 saturated carbocycles. The van der Waals surface area contributed by atoms with Gasteiger partial charge in [0, 0.05) is 24.2 Å². The van der Waals surface area contributed by atoms with E-state index in [9.17, 15) is 0 Å². The quantitative estimate of drug-likeness (QED) is 0.848. The molecular formula is C14H19N3O3S. The summed E-state index contributed by atoms with van der Waals surface area (Å²) in [5.41, 5.74) is 1.00. The van der Waals surface area contributed by atoms with Crippen LogP contribution in [0, 0.1) is 0 Å². The first-order valence-electron chi connectivity index (χ1n) is 6.48. The first kappa shape index (κ1) is 15.5. The van der Waals surface area contributed by atoms with Crippen LogP contribution in [0.25, 0.3) is 0 Å². The zero-order valence-corrected chi connectivity index (χ0v) is 13.4. The summed E-state index contributed by atoms with van der Waals surface area (Å²) < 4.78 is 19.9. The van der Waals surface area contributed by atoms with Gasteiger partial charge in [-0.3, -0.25) is 0 Å². The number of rotatable bonds is 7. The summed E-state index contributed by atoms with van der Waals surface area (Å²) in [7, 11) is 4.92. The van der Waals surface area contributed by atoms with Gasteiger partial charge >= 0.3 is 0 Å². The molecule has 0 saturated heterocycles. The van der Waals surface area contributed by atoms with Crippen LogP contribution in [0.2, 0.25) is 0 Å². The summed E-state index contributed by atoms with van der Waals surface area (Å²) in [5, 5.41) is 4.07. The number of nitrogens with one attached hydrogen (secondary N) is 1. The van der Waals surface area contributed by atoms with Crippen molar-refractivity contribution in [1.82, 2.24) is 9.36 Å². The smallest absolute Gasteiger partial charge is 0.203 e. The van der Waals surface area contributed by atoms with E-state index in [1.54, 1.807) is 21.3 Å². The summed E-state index contributed by atoms with van der Waals surface area (Å²) in [5.74, 6) is 2.27. The lowest BCUT2D eigenvalue weighted by Gasteiger charge is -2.17. The first-order valence-corrected chi connectivity index (χ1v) is 7.25. The fourth-order valence-electron chi connectivity index (χ4n) is 1.94. The van der Waals surface area contributed by atoms with E-state index >= 15 is 0 Å². The van der Waals surface area contributed by atoms with Gasteiger partial charge in [0.05, 0.1) is 20.3 Å². The van der Waals surface area contributed by atoms with Crippen molar-refractivity contribution in [1.29, 1.82) is 0 Å². The Balaban J connectivity index is 2.16. The third-order valence-electron chi connectivity index (χ3n) is 2.98. The normalized spacial score (nSPS) is 12.0. The van der Waals surface area contributed by atoms with Gasteiger partial charge in [0.25, 0.3) is 0 Å². The third-order valence-corrected chi connectivity index (χ3v) is 3.67. The Bertz CT molecular complexity index is 589. The number of methoxy groups -OCH3 is 3. The fourth-order valence-corrected chi connectivity index (χ4v) is 2.60. The summed E-state index contributed by atoms with van der Waals surface area (Å²) in [6.07, 6.45) is 0. The topological polar surface area (TPSA) is 65.5 Å². The molecule has 2 rings (SSSR count). The van der Waals surface area contributed by atoms with Crippen molar-refractivity contribution in [2.75, 3.05) is 26.6 Å². The highest BCUT2D eigenvalue weighted by molar-refractivity contribution is 7.09. The lowest BCUT2D eigenvalue weighted by molar-refractivity contribution is 0.179. The second kappa shape index (κ2) is 7.24. The number of nitrogens with zero attached hydrogens (tertiary/aromatic N) is 2. The van der Waals surface area contributed by atoms with Crippen LogP contribution in [-0.4, -0.2) is 30.7 Å². The molecule has 0 aliphatic carbocycles. The molecule has 0 spiro atoms. The van der Waals surface area contributed by atoms with E-state index in [0.717, 1.165) is 22.2 Å². The average molecular weight is 309 g/mol. The number of hydrogen-bond donors (Lipinski definition) is 1. The predicted octanol–water partition coefficient (Wildman–Crippen LogP) is 2.87. The Labute approximate surface area is 128 Å². The van der Waals surface area contributed by atoms with E-state index in [4.69, 9.17) is 14.2 Å². The Morgan fingerprint density at radius 3 is 2.71 bits per heavy atom. The number of ether oxygens (including phenoxy) is 3. The van der Waals surface area contributed by atoms with Gasteiger partial charge in [-0.15, -0.1) is 0 Å². The molecule has 0 bridgehead atoms. The second-order valence-corrected chi connectivity index (χ2v) is 5.17. The molecule has 1 aromatic carbocycles. The van der Waals surface area contributed by atoms with Crippen molar-refractivity contribution in [3.63, 3.8) is 0 Å². The highest BCUT2D eigenvalue weighted by Crippen LogP contribution is 2.31. The Hall–Kier alpha value is -1.86. The molecule has 1 N–H and O–H groups in total. The first-order chi connectivity index (χ1) is 10.2. The predicted molar refractivity (Wildman–Crippen MR) is 82.2 cm³/mol. The van der Waals surface area contributed by atoms with Crippen LogP contribution in [0.15, 0.2) is 18.2 Å². The minimum absolute atomic E-state index is 0.0124. The van der Waals surface area contributed by atoms with Gasteiger partial charge in [-0.05, 0) is 25.1 Å². The van der Waals surface area contributed by atoms with Gasteiger partial charge in [0.1, 0.15) is 18.1 Å². The van der Waals surface area contributed by atoms with Gasteiger partial charge in [-0.1, -0.05) is 0 Å². The average Bonchev–Trinajstić information content (AvgIpc) is 2.94. The molecule has 0 aliphatic heterocycles. The van der Waals surface area contributed by atoms with Crippen molar-refractivity contribution in [3.8, 4) is 11.5 Å². The van der Waals surface area contributed by atoms with Gasteiger partial charge in [-0.25, -0.2) is 4.98 Å². The van der Waals surface area contributed by atoms with E-state index in [2.05, 4.69) is 14.7 Å². The monoisotopic (exact) mass is 309 g/mol. The maximum Gasteiger partial charge on any atom is 0.203 e. The van der Waals surface area contributed by atoms with E-state index in [-0.39, 0.29) is 6.04 Å². The summed E-state index contributed by atoms with van der Waals surface area (Å²) >= 11 is 1.31. The highest BCUT2D eigenvalue weighted by atomic mass is 32.1. The summed E-state index contributed by atoms with van der Waals surface area (Å²) in [6.45, 7) is 2.45. The number of aromatic nitrogens is 2. The van der Waals surface area contributed by atoms with E-state index < -0.39 is 0 Å². The standard InChI is InChI=1S/C14H19N3O3S/c1-9(15-14-16-13(8-18-2)17-21-14)11-7-10(19-3)5-6-12(11)20-4/h5-7,9H,8H2,1-4H3,(H,15,16,17).